The van der Waals surface area contributed by atoms with Crippen LogP contribution in [0.4, 0.5) is 5.69 Å². The Balaban J connectivity index is 2.16. The van der Waals surface area contributed by atoms with Crippen LogP contribution in [0.2, 0.25) is 0 Å². The molecule has 2 heterocycles. The van der Waals surface area contributed by atoms with Crippen molar-refractivity contribution in [3.8, 4) is 0 Å². The maximum Gasteiger partial charge on any atom is 0.0509 e. The minimum atomic E-state index is 0.548. The molecule has 0 radical (unpaired) electrons. The Morgan fingerprint density at radius 1 is 1.37 bits per heavy atom. The van der Waals surface area contributed by atoms with E-state index in [1.54, 1.807) is 0 Å². The predicted molar refractivity (Wildman–Crippen MR) is 82.9 cm³/mol. The molecule has 1 unspecified atom stereocenters. The summed E-state index contributed by atoms with van der Waals surface area (Å²) in [6, 6.07) is 2.19. The summed E-state index contributed by atoms with van der Waals surface area (Å²) in [6.07, 6.45) is 5.86. The van der Waals surface area contributed by atoms with Crippen molar-refractivity contribution < 1.29 is 0 Å². The number of rotatable bonds is 3. The molecule has 1 aliphatic rings. The Morgan fingerprint density at radius 3 is 2.84 bits per heavy atom. The third-order valence-electron chi connectivity index (χ3n) is 4.30. The van der Waals surface area contributed by atoms with Crippen LogP contribution in [0.25, 0.3) is 0 Å². The largest absolute Gasteiger partial charge is 0.371 e. The molecular weight excluding hydrogens is 256 g/mol. The molecule has 1 aliphatic heterocycles. The molecule has 0 saturated carbocycles. The molecule has 106 valence electrons. The average molecular weight is 281 g/mol. The predicted octanol–water partition coefficient (Wildman–Crippen LogP) is 4.39. The number of nitrogens with zero attached hydrogens (tertiary/aromatic N) is 2. The lowest BCUT2D eigenvalue weighted by molar-refractivity contribution is 0.351. The van der Waals surface area contributed by atoms with Gasteiger partial charge in [-0.2, -0.15) is 0 Å². The van der Waals surface area contributed by atoms with Gasteiger partial charge >= 0.3 is 0 Å². The summed E-state index contributed by atoms with van der Waals surface area (Å²) in [7, 11) is 0. The van der Waals surface area contributed by atoms with Gasteiger partial charge in [-0.25, -0.2) is 0 Å². The third-order valence-corrected chi connectivity index (χ3v) is 4.59. The van der Waals surface area contributed by atoms with Crippen LogP contribution in [0, 0.1) is 18.8 Å². The lowest BCUT2D eigenvalue weighted by Crippen LogP contribution is -2.25. The fraction of sp³-hybridized carbons (Fsp3) is 0.688. The van der Waals surface area contributed by atoms with E-state index in [0.717, 1.165) is 36.2 Å². The first-order valence-corrected chi connectivity index (χ1v) is 7.91. The van der Waals surface area contributed by atoms with E-state index in [-0.39, 0.29) is 0 Å². The molecule has 1 aromatic heterocycles. The standard InChI is InChI=1S/C16H25ClN2/c1-12(2)14-5-4-7-19(8-6-14)16-9-13(3)18-11-15(16)10-17/h9,11-12,14H,4-8,10H2,1-3H3. The second-order valence-corrected chi connectivity index (χ2v) is 6.28. The number of aryl methyl sites for hydroxylation is 1. The first-order valence-electron chi connectivity index (χ1n) is 7.38. The minimum absolute atomic E-state index is 0.548. The third kappa shape index (κ3) is 3.62. The lowest BCUT2D eigenvalue weighted by Gasteiger charge is -2.25. The SMILES string of the molecule is Cc1cc(N2CCCC(C(C)C)CC2)c(CCl)cn1. The Labute approximate surface area is 122 Å². The smallest absolute Gasteiger partial charge is 0.0509 e. The summed E-state index contributed by atoms with van der Waals surface area (Å²) in [5.74, 6) is 2.21. The van der Waals surface area contributed by atoms with Crippen molar-refractivity contribution in [2.45, 2.75) is 45.9 Å². The highest BCUT2D eigenvalue weighted by atomic mass is 35.5. The lowest BCUT2D eigenvalue weighted by atomic mass is 9.89. The Hall–Kier alpha value is -0.760. The molecule has 1 fully saturated rings. The molecule has 1 aromatic rings. The highest BCUT2D eigenvalue weighted by Gasteiger charge is 2.21. The maximum atomic E-state index is 6.06. The maximum absolute atomic E-state index is 6.06. The topological polar surface area (TPSA) is 16.1 Å². The van der Waals surface area contributed by atoms with E-state index in [1.807, 2.05) is 6.20 Å². The Kier molecular flexibility index (Phi) is 5.09. The van der Waals surface area contributed by atoms with Gasteiger partial charge in [0.05, 0.1) is 5.88 Å². The van der Waals surface area contributed by atoms with Gasteiger partial charge in [0, 0.05) is 36.2 Å². The fourth-order valence-electron chi connectivity index (χ4n) is 3.00. The molecule has 19 heavy (non-hydrogen) atoms. The Bertz CT molecular complexity index is 417. The summed E-state index contributed by atoms with van der Waals surface area (Å²) in [5, 5.41) is 0. The molecule has 0 aliphatic carbocycles. The molecule has 1 saturated heterocycles. The van der Waals surface area contributed by atoms with Crippen molar-refractivity contribution in [1.29, 1.82) is 0 Å². The van der Waals surface area contributed by atoms with Crippen molar-refractivity contribution >= 4 is 17.3 Å². The van der Waals surface area contributed by atoms with Crippen LogP contribution in [0.5, 0.6) is 0 Å². The molecule has 2 rings (SSSR count). The zero-order valence-corrected chi connectivity index (χ0v) is 13.1. The molecule has 0 spiro atoms. The van der Waals surface area contributed by atoms with Crippen molar-refractivity contribution in [2.24, 2.45) is 11.8 Å². The van der Waals surface area contributed by atoms with Gasteiger partial charge in [0.25, 0.3) is 0 Å². The van der Waals surface area contributed by atoms with Gasteiger partial charge in [0.1, 0.15) is 0 Å². The molecule has 0 N–H and O–H groups in total. The van der Waals surface area contributed by atoms with Crippen molar-refractivity contribution in [3.63, 3.8) is 0 Å². The number of pyridine rings is 1. The van der Waals surface area contributed by atoms with Crippen molar-refractivity contribution in [2.75, 3.05) is 18.0 Å². The van der Waals surface area contributed by atoms with E-state index < -0.39 is 0 Å². The molecule has 3 heteroatoms. The van der Waals surface area contributed by atoms with Gasteiger partial charge in [-0.05, 0) is 44.1 Å². The van der Waals surface area contributed by atoms with Crippen LogP contribution in [0.3, 0.4) is 0 Å². The zero-order chi connectivity index (χ0) is 13.8. The van der Waals surface area contributed by atoms with E-state index in [1.165, 1.54) is 24.9 Å². The summed E-state index contributed by atoms with van der Waals surface area (Å²) < 4.78 is 0. The second kappa shape index (κ2) is 6.60. The highest BCUT2D eigenvalue weighted by Crippen LogP contribution is 2.29. The van der Waals surface area contributed by atoms with Gasteiger partial charge in [-0.1, -0.05) is 13.8 Å². The first kappa shape index (κ1) is 14.6. The van der Waals surface area contributed by atoms with Crippen molar-refractivity contribution in [3.05, 3.63) is 23.5 Å². The first-order chi connectivity index (χ1) is 9.11. The molecule has 1 atom stereocenters. The zero-order valence-electron chi connectivity index (χ0n) is 12.3. The van der Waals surface area contributed by atoms with Crippen LogP contribution in [-0.2, 0) is 5.88 Å². The van der Waals surface area contributed by atoms with E-state index >= 15 is 0 Å². The molecular formula is C16H25ClN2. The quantitative estimate of drug-likeness (QED) is 0.764. The van der Waals surface area contributed by atoms with Crippen LogP contribution in [-0.4, -0.2) is 18.1 Å². The van der Waals surface area contributed by atoms with Crippen LogP contribution >= 0.6 is 11.6 Å². The van der Waals surface area contributed by atoms with Crippen LogP contribution in [0.1, 0.15) is 44.4 Å². The molecule has 0 aromatic carbocycles. The summed E-state index contributed by atoms with van der Waals surface area (Å²) >= 11 is 6.06. The highest BCUT2D eigenvalue weighted by molar-refractivity contribution is 6.17. The number of aromatic nitrogens is 1. The van der Waals surface area contributed by atoms with Gasteiger partial charge in [0.15, 0.2) is 0 Å². The van der Waals surface area contributed by atoms with Crippen molar-refractivity contribution in [1.82, 2.24) is 4.98 Å². The number of hydrogen-bond donors (Lipinski definition) is 0. The molecule has 2 nitrogen and oxygen atoms in total. The number of halogens is 1. The van der Waals surface area contributed by atoms with Gasteiger partial charge in [-0.3, -0.25) is 4.98 Å². The van der Waals surface area contributed by atoms with E-state index in [4.69, 9.17) is 11.6 Å². The molecule has 0 amide bonds. The monoisotopic (exact) mass is 280 g/mol. The summed E-state index contributed by atoms with van der Waals surface area (Å²) in [6.45, 7) is 9.05. The summed E-state index contributed by atoms with van der Waals surface area (Å²) in [5.41, 5.74) is 3.54. The van der Waals surface area contributed by atoms with Crippen LogP contribution in [0.15, 0.2) is 12.3 Å². The van der Waals surface area contributed by atoms with Gasteiger partial charge in [-0.15, -0.1) is 11.6 Å². The number of anilines is 1. The fourth-order valence-corrected chi connectivity index (χ4v) is 3.21. The summed E-state index contributed by atoms with van der Waals surface area (Å²) in [4.78, 5) is 6.87. The molecule has 0 bridgehead atoms. The van der Waals surface area contributed by atoms with E-state index in [0.29, 0.717) is 5.88 Å². The second-order valence-electron chi connectivity index (χ2n) is 6.01. The van der Waals surface area contributed by atoms with E-state index in [9.17, 15) is 0 Å². The number of hydrogen-bond acceptors (Lipinski definition) is 2. The van der Waals surface area contributed by atoms with E-state index in [2.05, 4.69) is 36.7 Å². The Morgan fingerprint density at radius 2 is 2.16 bits per heavy atom. The average Bonchev–Trinajstić information content (AvgIpc) is 2.64. The minimum Gasteiger partial charge on any atom is -0.371 e. The van der Waals surface area contributed by atoms with Gasteiger partial charge < -0.3 is 4.90 Å². The normalized spacial score (nSPS) is 20.7. The van der Waals surface area contributed by atoms with Crippen LogP contribution < -0.4 is 4.90 Å². The number of alkyl halides is 1. The van der Waals surface area contributed by atoms with Gasteiger partial charge in [0.2, 0.25) is 0 Å².